The molecule has 0 amide bonds. The molecule has 8 heteroatoms. The molecule has 0 spiro atoms. The highest BCUT2D eigenvalue weighted by molar-refractivity contribution is 7.80. The Kier molecular flexibility index (Phi) is 25.1. The van der Waals surface area contributed by atoms with Gasteiger partial charge in [0.15, 0.2) is 0 Å². The lowest BCUT2D eigenvalue weighted by Crippen LogP contribution is -2.14. The van der Waals surface area contributed by atoms with E-state index in [-0.39, 0.29) is 6.61 Å². The number of unbranched alkanes of at least 4 members (excludes halogenated alkanes) is 3. The maximum atomic E-state index is 8.52. The van der Waals surface area contributed by atoms with Crippen molar-refractivity contribution in [2.75, 3.05) is 91.6 Å². The Morgan fingerprint density at radius 1 is 0.423 bits per heavy atom. The highest BCUT2D eigenvalue weighted by Crippen LogP contribution is 2.00. The lowest BCUT2D eigenvalue weighted by atomic mass is 10.2. The first kappa shape index (κ1) is 26.1. The first-order chi connectivity index (χ1) is 12.9. The van der Waals surface area contributed by atoms with Gasteiger partial charge in [-0.3, -0.25) is 0 Å². The van der Waals surface area contributed by atoms with Gasteiger partial charge in [-0.2, -0.15) is 12.6 Å². The van der Waals surface area contributed by atoms with Crippen LogP contribution < -0.4 is 0 Å². The summed E-state index contributed by atoms with van der Waals surface area (Å²) in [5.41, 5.74) is 0. The molecular formula is C18H38O7S. The van der Waals surface area contributed by atoms with E-state index >= 15 is 0 Å². The van der Waals surface area contributed by atoms with Gasteiger partial charge in [-0.1, -0.05) is 12.8 Å². The number of hydrogen-bond donors (Lipinski definition) is 2. The molecule has 0 aliphatic heterocycles. The molecule has 0 heterocycles. The van der Waals surface area contributed by atoms with Crippen molar-refractivity contribution in [3.63, 3.8) is 0 Å². The molecule has 1 N–H and O–H groups in total. The zero-order valence-corrected chi connectivity index (χ0v) is 17.0. The van der Waals surface area contributed by atoms with Gasteiger partial charge in [0.2, 0.25) is 0 Å². The van der Waals surface area contributed by atoms with Crippen LogP contribution in [0.2, 0.25) is 0 Å². The lowest BCUT2D eigenvalue weighted by Gasteiger charge is -2.08. The predicted octanol–water partition coefficient (Wildman–Crippen LogP) is 1.57. The van der Waals surface area contributed by atoms with E-state index in [1.807, 2.05) is 0 Å². The Hall–Kier alpha value is 0.0700. The van der Waals surface area contributed by atoms with Crippen molar-refractivity contribution < 1.29 is 33.5 Å². The average Bonchev–Trinajstić information content (AvgIpc) is 2.66. The fourth-order valence-electron chi connectivity index (χ4n) is 1.94. The van der Waals surface area contributed by atoms with Gasteiger partial charge in [0, 0.05) is 6.61 Å². The van der Waals surface area contributed by atoms with Crippen LogP contribution in [0.1, 0.15) is 25.7 Å². The van der Waals surface area contributed by atoms with Crippen molar-refractivity contribution in [3.8, 4) is 0 Å². The first-order valence-corrected chi connectivity index (χ1v) is 10.2. The minimum Gasteiger partial charge on any atom is -0.394 e. The molecule has 26 heavy (non-hydrogen) atoms. The summed E-state index contributed by atoms with van der Waals surface area (Å²) in [5.74, 6) is 0.972. The quantitative estimate of drug-likeness (QED) is 0.200. The van der Waals surface area contributed by atoms with E-state index in [0.29, 0.717) is 72.7 Å². The predicted molar refractivity (Wildman–Crippen MR) is 104 cm³/mol. The van der Waals surface area contributed by atoms with Crippen molar-refractivity contribution >= 4 is 12.6 Å². The Morgan fingerprint density at radius 3 is 1.15 bits per heavy atom. The molecule has 0 aliphatic rings. The topological polar surface area (TPSA) is 75.6 Å². The summed E-state index contributed by atoms with van der Waals surface area (Å²) in [6, 6.07) is 0. The van der Waals surface area contributed by atoms with Gasteiger partial charge in [0.1, 0.15) is 0 Å². The standard InChI is InChI=1S/C18H38O7S/c19-5-7-21-9-11-23-13-15-25-17-16-24-14-12-22-10-8-20-6-3-1-2-4-18-26/h19,26H,1-18H2. The monoisotopic (exact) mass is 398 g/mol. The van der Waals surface area contributed by atoms with E-state index in [4.69, 9.17) is 33.5 Å². The molecule has 0 aromatic rings. The molecule has 0 fully saturated rings. The molecule has 0 saturated heterocycles. The highest BCUT2D eigenvalue weighted by atomic mass is 32.1. The van der Waals surface area contributed by atoms with Crippen molar-refractivity contribution in [2.45, 2.75) is 25.7 Å². The number of thiol groups is 1. The Labute approximate surface area is 164 Å². The lowest BCUT2D eigenvalue weighted by molar-refractivity contribution is -0.0182. The molecule has 0 aliphatic carbocycles. The third kappa shape index (κ3) is 24.1. The minimum atomic E-state index is 0.0408. The second-order valence-electron chi connectivity index (χ2n) is 5.54. The molecule has 0 atom stereocenters. The van der Waals surface area contributed by atoms with E-state index in [9.17, 15) is 0 Å². The largest absolute Gasteiger partial charge is 0.394 e. The summed E-state index contributed by atoms with van der Waals surface area (Å²) < 4.78 is 32.1. The van der Waals surface area contributed by atoms with E-state index in [2.05, 4.69) is 12.6 Å². The molecule has 0 aromatic heterocycles. The fraction of sp³-hybridized carbons (Fsp3) is 1.00. The summed E-state index contributed by atoms with van der Waals surface area (Å²) in [6.07, 6.45) is 4.74. The van der Waals surface area contributed by atoms with E-state index in [0.717, 1.165) is 18.8 Å². The third-order valence-electron chi connectivity index (χ3n) is 3.29. The Bertz CT molecular complexity index is 224. The van der Waals surface area contributed by atoms with Gasteiger partial charge in [-0.25, -0.2) is 0 Å². The van der Waals surface area contributed by atoms with Gasteiger partial charge < -0.3 is 33.5 Å². The van der Waals surface area contributed by atoms with Crippen LogP contribution in [0.3, 0.4) is 0 Å². The number of aliphatic hydroxyl groups is 1. The summed E-state index contributed by atoms with van der Waals surface area (Å²) in [5, 5.41) is 8.52. The summed E-state index contributed by atoms with van der Waals surface area (Å²) >= 11 is 4.19. The van der Waals surface area contributed by atoms with Crippen LogP contribution in [0.4, 0.5) is 0 Å². The number of hydrogen-bond acceptors (Lipinski definition) is 8. The second-order valence-corrected chi connectivity index (χ2v) is 5.98. The molecule has 0 rings (SSSR count). The second kappa shape index (κ2) is 25.1. The molecule has 7 nitrogen and oxygen atoms in total. The Morgan fingerprint density at radius 2 is 0.769 bits per heavy atom. The van der Waals surface area contributed by atoms with E-state index in [1.54, 1.807) is 0 Å². The molecular weight excluding hydrogens is 360 g/mol. The van der Waals surface area contributed by atoms with E-state index in [1.165, 1.54) is 19.3 Å². The third-order valence-corrected chi connectivity index (χ3v) is 3.61. The Balaban J connectivity index is 2.95. The fourth-order valence-corrected chi connectivity index (χ4v) is 2.16. The molecule has 0 saturated carbocycles. The highest BCUT2D eigenvalue weighted by Gasteiger charge is 1.94. The number of rotatable bonds is 23. The molecule has 0 aromatic carbocycles. The molecule has 0 unspecified atom stereocenters. The van der Waals surface area contributed by atoms with Crippen LogP contribution >= 0.6 is 12.6 Å². The minimum absolute atomic E-state index is 0.0408. The molecule has 0 bridgehead atoms. The molecule has 0 radical (unpaired) electrons. The van der Waals surface area contributed by atoms with Crippen LogP contribution in [0.15, 0.2) is 0 Å². The van der Waals surface area contributed by atoms with E-state index < -0.39 is 0 Å². The first-order valence-electron chi connectivity index (χ1n) is 9.60. The summed E-state index contributed by atoms with van der Waals surface area (Å²) in [7, 11) is 0. The van der Waals surface area contributed by atoms with Crippen molar-refractivity contribution in [3.05, 3.63) is 0 Å². The van der Waals surface area contributed by atoms with Crippen LogP contribution in [-0.4, -0.2) is 96.7 Å². The van der Waals surface area contributed by atoms with Crippen molar-refractivity contribution in [1.29, 1.82) is 0 Å². The SMILES string of the molecule is OCCOCCOCCOCCOCCOCCOCCCCCCS. The van der Waals surface area contributed by atoms with Crippen molar-refractivity contribution in [1.82, 2.24) is 0 Å². The number of aliphatic hydroxyl groups excluding tert-OH is 1. The van der Waals surface area contributed by atoms with Gasteiger partial charge in [-0.05, 0) is 18.6 Å². The average molecular weight is 399 g/mol. The van der Waals surface area contributed by atoms with Gasteiger partial charge in [0.05, 0.1) is 79.3 Å². The van der Waals surface area contributed by atoms with Crippen molar-refractivity contribution in [2.24, 2.45) is 0 Å². The zero-order valence-electron chi connectivity index (χ0n) is 16.1. The van der Waals surface area contributed by atoms with Crippen LogP contribution in [-0.2, 0) is 28.4 Å². The van der Waals surface area contributed by atoms with Gasteiger partial charge in [-0.15, -0.1) is 0 Å². The van der Waals surface area contributed by atoms with Gasteiger partial charge in [0.25, 0.3) is 0 Å². The van der Waals surface area contributed by atoms with Crippen LogP contribution in [0.5, 0.6) is 0 Å². The number of ether oxygens (including phenoxy) is 6. The van der Waals surface area contributed by atoms with Gasteiger partial charge >= 0.3 is 0 Å². The zero-order chi connectivity index (χ0) is 19.0. The van der Waals surface area contributed by atoms with Crippen LogP contribution in [0.25, 0.3) is 0 Å². The normalized spacial score (nSPS) is 11.3. The summed E-state index contributed by atoms with van der Waals surface area (Å²) in [4.78, 5) is 0. The maximum absolute atomic E-state index is 8.52. The smallest absolute Gasteiger partial charge is 0.0701 e. The maximum Gasteiger partial charge on any atom is 0.0701 e. The van der Waals surface area contributed by atoms with Crippen LogP contribution in [0, 0.1) is 0 Å². The summed E-state index contributed by atoms with van der Waals surface area (Å²) in [6.45, 7) is 6.74. The molecule has 158 valence electrons.